The molecule has 2 saturated heterocycles. The molecule has 0 aromatic heterocycles. The molecule has 0 spiro atoms. The number of ether oxygens (including phenoxy) is 2. The number of hydrogen-bond acceptors (Lipinski definition) is 5. The van der Waals surface area contributed by atoms with E-state index >= 15 is 0 Å². The van der Waals surface area contributed by atoms with Crippen LogP contribution in [0, 0.1) is 17.8 Å². The number of rotatable bonds is 3. The molecule has 31 heavy (non-hydrogen) atoms. The number of para-hydroxylation sites is 1. The third-order valence-corrected chi connectivity index (χ3v) is 8.27. The Morgan fingerprint density at radius 2 is 1.97 bits per heavy atom. The lowest BCUT2D eigenvalue weighted by Crippen LogP contribution is -2.70. The summed E-state index contributed by atoms with van der Waals surface area (Å²) in [5.74, 6) is -0.313. The molecule has 4 aliphatic rings. The minimum atomic E-state index is -0.558. The van der Waals surface area contributed by atoms with Crippen molar-refractivity contribution in [2.24, 2.45) is 17.8 Å². The summed E-state index contributed by atoms with van der Waals surface area (Å²) in [7, 11) is 1.79. The summed E-state index contributed by atoms with van der Waals surface area (Å²) in [4.78, 5) is 41.6. The maximum absolute atomic E-state index is 13.1. The first-order valence-electron chi connectivity index (χ1n) is 11.2. The molecule has 7 atom stereocenters. The first-order valence-corrected chi connectivity index (χ1v) is 11.2. The van der Waals surface area contributed by atoms with Crippen molar-refractivity contribution in [2.45, 2.75) is 57.3 Å². The van der Waals surface area contributed by atoms with E-state index in [1.165, 1.54) is 0 Å². The van der Waals surface area contributed by atoms with Crippen LogP contribution in [0.4, 0.5) is 5.69 Å². The third kappa shape index (κ3) is 2.71. The van der Waals surface area contributed by atoms with Crippen molar-refractivity contribution >= 4 is 23.5 Å². The fraction of sp³-hybridized carbons (Fsp3) is 0.625. The summed E-state index contributed by atoms with van der Waals surface area (Å²) in [5, 5.41) is 0. The highest BCUT2D eigenvalue weighted by molar-refractivity contribution is 5.96. The van der Waals surface area contributed by atoms with E-state index in [9.17, 15) is 14.4 Å². The van der Waals surface area contributed by atoms with Gasteiger partial charge in [-0.25, -0.2) is 0 Å². The van der Waals surface area contributed by atoms with Crippen LogP contribution < -0.4 is 4.90 Å². The predicted octanol–water partition coefficient (Wildman–Crippen LogP) is 2.12. The average Bonchev–Trinajstić information content (AvgIpc) is 3.03. The lowest BCUT2D eigenvalue weighted by molar-refractivity contribution is -0.215. The molecule has 7 nitrogen and oxygen atoms in total. The number of amides is 2. The number of nitrogens with zero attached hydrogens (tertiary/aromatic N) is 2. The number of benzene rings is 1. The maximum atomic E-state index is 13.1. The van der Waals surface area contributed by atoms with Crippen LogP contribution in [0.1, 0.15) is 39.2 Å². The van der Waals surface area contributed by atoms with Crippen molar-refractivity contribution in [3.8, 4) is 0 Å². The molecule has 3 aliphatic heterocycles. The zero-order valence-electron chi connectivity index (χ0n) is 18.5. The van der Waals surface area contributed by atoms with Crippen LogP contribution in [0.5, 0.6) is 0 Å². The van der Waals surface area contributed by atoms with Crippen LogP contribution in [0.2, 0.25) is 0 Å². The molecule has 0 radical (unpaired) electrons. The normalized spacial score (nSPS) is 37.5. The monoisotopic (exact) mass is 426 g/mol. The Morgan fingerprint density at radius 3 is 2.68 bits per heavy atom. The number of carbonyl (C=O) groups is 3. The van der Waals surface area contributed by atoms with Crippen LogP contribution in [0.3, 0.4) is 0 Å². The topological polar surface area (TPSA) is 76.2 Å². The zero-order chi connectivity index (χ0) is 22.1. The van der Waals surface area contributed by atoms with Gasteiger partial charge in [0.15, 0.2) is 0 Å². The molecule has 1 aliphatic carbocycles. The van der Waals surface area contributed by atoms with Crippen molar-refractivity contribution in [1.82, 2.24) is 4.90 Å². The molecule has 1 aromatic carbocycles. The van der Waals surface area contributed by atoms with Gasteiger partial charge >= 0.3 is 5.97 Å². The van der Waals surface area contributed by atoms with Crippen LogP contribution in [-0.2, 0) is 29.3 Å². The van der Waals surface area contributed by atoms with Gasteiger partial charge < -0.3 is 19.3 Å². The van der Waals surface area contributed by atoms with E-state index in [1.807, 2.05) is 30.0 Å². The van der Waals surface area contributed by atoms with Gasteiger partial charge in [0.1, 0.15) is 6.10 Å². The molecule has 0 N–H and O–H groups in total. The highest BCUT2D eigenvalue weighted by Gasteiger charge is 2.68. The molecule has 5 rings (SSSR count). The Kier molecular flexibility index (Phi) is 4.66. The van der Waals surface area contributed by atoms with E-state index in [0.717, 1.165) is 17.7 Å². The lowest BCUT2D eigenvalue weighted by atomic mass is 9.53. The van der Waals surface area contributed by atoms with Crippen LogP contribution in [-0.4, -0.2) is 61.1 Å². The summed E-state index contributed by atoms with van der Waals surface area (Å²) < 4.78 is 12.2. The largest absolute Gasteiger partial charge is 0.461 e. The zero-order valence-corrected chi connectivity index (χ0v) is 18.5. The second kappa shape index (κ2) is 7.05. The van der Waals surface area contributed by atoms with Gasteiger partial charge in [0, 0.05) is 39.0 Å². The van der Waals surface area contributed by atoms with Crippen molar-refractivity contribution in [2.75, 3.05) is 25.1 Å². The molecular formula is C24H30N2O5. The SMILES string of the molecule is CC(=O)N(C)CC[C@]12c3ccccc3N(C(C)=O)[C@H]1[C@@H]1CO[C@H](C)[C@@H]3C(=O)O[C@H]2C[C@H]13. The van der Waals surface area contributed by atoms with E-state index < -0.39 is 5.41 Å². The molecule has 2 amide bonds. The summed E-state index contributed by atoms with van der Waals surface area (Å²) in [6, 6.07) is 7.82. The highest BCUT2D eigenvalue weighted by atomic mass is 16.6. The first-order chi connectivity index (χ1) is 14.8. The summed E-state index contributed by atoms with van der Waals surface area (Å²) in [5.41, 5.74) is 1.38. The Hall–Kier alpha value is -2.41. The number of carbonyl (C=O) groups excluding carboxylic acids is 3. The Labute approximate surface area is 182 Å². The van der Waals surface area contributed by atoms with E-state index in [0.29, 0.717) is 19.6 Å². The van der Waals surface area contributed by atoms with Crippen molar-refractivity contribution in [3.63, 3.8) is 0 Å². The van der Waals surface area contributed by atoms with Gasteiger partial charge in [-0.1, -0.05) is 18.2 Å². The molecular weight excluding hydrogens is 396 g/mol. The first kappa shape index (κ1) is 20.5. The van der Waals surface area contributed by atoms with Crippen LogP contribution in [0.15, 0.2) is 24.3 Å². The molecule has 0 unspecified atom stereocenters. The third-order valence-electron chi connectivity index (χ3n) is 8.27. The Balaban J connectivity index is 1.68. The number of esters is 1. The standard InChI is InChI=1S/C24H30N2O5/c1-13-21-16-11-20(31-23(21)29)24(9-10-25(4)14(2)27)18-7-5-6-8-19(18)26(15(3)28)22(24)17(16)12-30-13/h5-8,13,16-17,20-22H,9-12H2,1-4H3/t13-,16-,17-,20+,21+,22+,24-/m1/s1. The van der Waals surface area contributed by atoms with Gasteiger partial charge in [0.05, 0.1) is 30.1 Å². The summed E-state index contributed by atoms with van der Waals surface area (Å²) >= 11 is 0. The second-order valence-electron chi connectivity index (χ2n) is 9.64. The predicted molar refractivity (Wildman–Crippen MR) is 113 cm³/mol. The fourth-order valence-electron chi connectivity index (χ4n) is 6.82. The molecule has 1 saturated carbocycles. The van der Waals surface area contributed by atoms with Crippen molar-refractivity contribution in [3.05, 3.63) is 29.8 Å². The smallest absolute Gasteiger partial charge is 0.312 e. The van der Waals surface area contributed by atoms with Gasteiger partial charge in [-0.2, -0.15) is 0 Å². The second-order valence-corrected chi connectivity index (χ2v) is 9.64. The fourth-order valence-corrected chi connectivity index (χ4v) is 6.82. The Morgan fingerprint density at radius 1 is 1.23 bits per heavy atom. The summed E-state index contributed by atoms with van der Waals surface area (Å²) in [6.07, 6.45) is 0.893. The van der Waals surface area contributed by atoms with Crippen molar-refractivity contribution in [1.29, 1.82) is 0 Å². The Bertz CT molecular complexity index is 948. The molecule has 3 fully saturated rings. The van der Waals surface area contributed by atoms with Gasteiger partial charge in [-0.05, 0) is 37.3 Å². The summed E-state index contributed by atoms with van der Waals surface area (Å²) in [6.45, 7) is 6.15. The van der Waals surface area contributed by atoms with E-state index in [1.54, 1.807) is 25.8 Å². The van der Waals surface area contributed by atoms with Crippen LogP contribution >= 0.6 is 0 Å². The number of fused-ring (bicyclic) bond motifs is 6. The maximum Gasteiger partial charge on any atom is 0.312 e. The van der Waals surface area contributed by atoms with Crippen molar-refractivity contribution < 1.29 is 23.9 Å². The highest BCUT2D eigenvalue weighted by Crippen LogP contribution is 2.61. The minimum absolute atomic E-state index is 0.00753. The van der Waals surface area contributed by atoms with Gasteiger partial charge in [0.25, 0.3) is 0 Å². The molecule has 166 valence electrons. The average molecular weight is 427 g/mol. The number of hydrogen-bond donors (Lipinski definition) is 0. The van der Waals surface area contributed by atoms with Gasteiger partial charge in [-0.3, -0.25) is 14.4 Å². The quantitative estimate of drug-likeness (QED) is 0.692. The molecule has 1 aromatic rings. The van der Waals surface area contributed by atoms with E-state index in [4.69, 9.17) is 9.47 Å². The lowest BCUT2D eigenvalue weighted by Gasteiger charge is -2.59. The molecule has 3 heterocycles. The minimum Gasteiger partial charge on any atom is -0.461 e. The van der Waals surface area contributed by atoms with E-state index in [-0.39, 0.29) is 53.8 Å². The van der Waals surface area contributed by atoms with Gasteiger partial charge in [-0.15, -0.1) is 0 Å². The molecule has 2 bridgehead atoms. The van der Waals surface area contributed by atoms with Crippen LogP contribution in [0.25, 0.3) is 0 Å². The number of anilines is 1. The molecule has 7 heteroatoms. The van der Waals surface area contributed by atoms with Gasteiger partial charge in [0.2, 0.25) is 11.8 Å². The van der Waals surface area contributed by atoms with E-state index in [2.05, 4.69) is 6.07 Å².